The van der Waals surface area contributed by atoms with Crippen molar-refractivity contribution in [3.63, 3.8) is 0 Å². The molecular weight excluding hydrogens is 512 g/mol. The number of hydrogen-bond donors (Lipinski definition) is 3. The monoisotopic (exact) mass is 585 g/mol. The second-order valence-corrected chi connectivity index (χ2v) is 12.7. The third-order valence-electron chi connectivity index (χ3n) is 8.51. The molecule has 0 heterocycles. The minimum Gasteiger partial charge on any atom is -0.466 e. The number of unbranched alkanes of at least 4 members (excludes halogenated alkanes) is 20. The fraction of sp³-hybridized carbons (Fsp3) is 0.972. The molecule has 246 valence electrons. The third-order valence-corrected chi connectivity index (χ3v) is 8.51. The first-order chi connectivity index (χ1) is 20.0. The maximum Gasteiger partial charge on any atom is 0.305 e. The molecule has 0 saturated carbocycles. The number of esters is 1. The summed E-state index contributed by atoms with van der Waals surface area (Å²) >= 11 is 0. The Labute approximate surface area is 255 Å². The van der Waals surface area contributed by atoms with Crippen molar-refractivity contribution in [2.75, 3.05) is 6.61 Å². The van der Waals surface area contributed by atoms with Crippen LogP contribution in [0.3, 0.4) is 0 Å². The van der Waals surface area contributed by atoms with Crippen LogP contribution in [0.2, 0.25) is 0 Å². The smallest absolute Gasteiger partial charge is 0.305 e. The summed E-state index contributed by atoms with van der Waals surface area (Å²) in [4.78, 5) is 11.9. The second kappa shape index (κ2) is 32.3. The van der Waals surface area contributed by atoms with Gasteiger partial charge in [0.1, 0.15) is 0 Å². The summed E-state index contributed by atoms with van der Waals surface area (Å²) in [7, 11) is 0. The molecule has 0 amide bonds. The van der Waals surface area contributed by atoms with Gasteiger partial charge in [0, 0.05) is 6.42 Å². The minimum atomic E-state index is -0.578. The Balaban J connectivity index is 3.35. The van der Waals surface area contributed by atoms with Gasteiger partial charge in [-0.15, -0.1) is 0 Å². The highest BCUT2D eigenvalue weighted by molar-refractivity contribution is 5.69. The molecule has 0 aliphatic rings. The predicted octanol–water partition coefficient (Wildman–Crippen LogP) is 9.96. The van der Waals surface area contributed by atoms with Gasteiger partial charge >= 0.3 is 5.97 Å². The normalized spacial score (nSPS) is 13.8. The van der Waals surface area contributed by atoms with Crippen LogP contribution in [0.5, 0.6) is 0 Å². The number of rotatable bonds is 33. The molecule has 0 unspecified atom stereocenters. The number of hydrogen-bond acceptors (Lipinski definition) is 5. The molecule has 0 aromatic rings. The van der Waals surface area contributed by atoms with Gasteiger partial charge in [0.25, 0.3) is 0 Å². The van der Waals surface area contributed by atoms with Crippen LogP contribution < -0.4 is 0 Å². The van der Waals surface area contributed by atoms with E-state index in [-0.39, 0.29) is 12.1 Å². The summed E-state index contributed by atoms with van der Waals surface area (Å²) < 4.78 is 5.39. The highest BCUT2D eigenvalue weighted by atomic mass is 16.5. The van der Waals surface area contributed by atoms with E-state index in [1.54, 1.807) is 0 Å². The molecule has 5 heteroatoms. The Hall–Kier alpha value is -0.650. The van der Waals surface area contributed by atoms with Gasteiger partial charge in [-0.2, -0.15) is 0 Å². The van der Waals surface area contributed by atoms with Gasteiger partial charge in [-0.25, -0.2) is 0 Å². The van der Waals surface area contributed by atoms with Crippen LogP contribution in [-0.4, -0.2) is 46.2 Å². The second-order valence-electron chi connectivity index (χ2n) is 12.7. The minimum absolute atomic E-state index is 0.0493. The lowest BCUT2D eigenvalue weighted by atomic mass is 9.99. The Morgan fingerprint density at radius 1 is 0.463 bits per heavy atom. The summed E-state index contributed by atoms with van der Waals surface area (Å²) in [6.45, 7) is 4.98. The molecule has 0 aliphatic heterocycles. The Morgan fingerprint density at radius 3 is 1.27 bits per heavy atom. The van der Waals surface area contributed by atoms with E-state index in [1.165, 1.54) is 83.5 Å². The zero-order valence-electron chi connectivity index (χ0n) is 27.6. The van der Waals surface area contributed by atoms with Crippen molar-refractivity contribution < 1.29 is 24.9 Å². The molecule has 0 aromatic heterocycles. The number of carbonyl (C=O) groups excluding carboxylic acids is 1. The van der Waals surface area contributed by atoms with Crippen LogP contribution in [-0.2, 0) is 9.53 Å². The average molecular weight is 585 g/mol. The Morgan fingerprint density at radius 2 is 0.805 bits per heavy atom. The van der Waals surface area contributed by atoms with Crippen LogP contribution in [0.1, 0.15) is 200 Å². The SMILES string of the molecule is CCCCCCCC[C@H](O)[C@H](O)CCCCCCCCOC(=O)CCCCCCCCCC[C@H](O)CCCCCC. The van der Waals surface area contributed by atoms with E-state index in [4.69, 9.17) is 4.74 Å². The Kier molecular flexibility index (Phi) is 31.8. The molecule has 0 bridgehead atoms. The number of aliphatic hydroxyl groups excluding tert-OH is 3. The van der Waals surface area contributed by atoms with Crippen molar-refractivity contribution in [3.8, 4) is 0 Å². The van der Waals surface area contributed by atoms with Crippen LogP contribution in [0.25, 0.3) is 0 Å². The predicted molar refractivity (Wildman–Crippen MR) is 174 cm³/mol. The molecular formula is C36H72O5. The summed E-state index contributed by atoms with van der Waals surface area (Å²) in [5.74, 6) is -0.0493. The number of aliphatic hydroxyl groups is 3. The molecule has 0 aliphatic carbocycles. The fourth-order valence-electron chi connectivity index (χ4n) is 5.60. The Bertz CT molecular complexity index is 526. The molecule has 0 spiro atoms. The van der Waals surface area contributed by atoms with E-state index in [9.17, 15) is 20.1 Å². The molecule has 5 nitrogen and oxygen atoms in total. The van der Waals surface area contributed by atoms with Gasteiger partial charge in [-0.3, -0.25) is 4.79 Å². The number of carbonyl (C=O) groups is 1. The van der Waals surface area contributed by atoms with Gasteiger partial charge in [0.05, 0.1) is 24.9 Å². The summed E-state index contributed by atoms with van der Waals surface area (Å²) in [6, 6.07) is 0. The van der Waals surface area contributed by atoms with E-state index in [2.05, 4.69) is 13.8 Å². The van der Waals surface area contributed by atoms with E-state index in [0.717, 1.165) is 89.9 Å². The highest BCUT2D eigenvalue weighted by Crippen LogP contribution is 2.16. The molecule has 0 rings (SSSR count). The topological polar surface area (TPSA) is 87.0 Å². The van der Waals surface area contributed by atoms with Gasteiger partial charge in [0.15, 0.2) is 0 Å². The van der Waals surface area contributed by atoms with Crippen molar-refractivity contribution in [1.29, 1.82) is 0 Å². The highest BCUT2D eigenvalue weighted by Gasteiger charge is 2.15. The summed E-state index contributed by atoms with van der Waals surface area (Å²) in [5.41, 5.74) is 0. The molecule has 0 saturated heterocycles. The van der Waals surface area contributed by atoms with Crippen molar-refractivity contribution in [2.45, 2.75) is 218 Å². The van der Waals surface area contributed by atoms with E-state index in [1.807, 2.05) is 0 Å². The first kappa shape index (κ1) is 40.4. The van der Waals surface area contributed by atoms with Crippen molar-refractivity contribution in [2.24, 2.45) is 0 Å². The van der Waals surface area contributed by atoms with E-state index < -0.39 is 12.2 Å². The standard InChI is InChI=1S/C36H72O5/c1-3-5-7-9-17-23-29-34(38)35(39)30-24-18-14-15-20-26-32-41-36(40)31-25-19-13-11-10-12-16-22-28-33(37)27-21-8-6-4-2/h33-35,37-39H,3-32H2,1-2H3/t33-,34+,35-/m1/s1. The fourth-order valence-corrected chi connectivity index (χ4v) is 5.60. The third kappa shape index (κ3) is 30.6. The largest absolute Gasteiger partial charge is 0.466 e. The molecule has 41 heavy (non-hydrogen) atoms. The first-order valence-electron chi connectivity index (χ1n) is 18.2. The van der Waals surface area contributed by atoms with Crippen LogP contribution in [0.15, 0.2) is 0 Å². The van der Waals surface area contributed by atoms with Crippen LogP contribution >= 0.6 is 0 Å². The van der Waals surface area contributed by atoms with Crippen molar-refractivity contribution >= 4 is 5.97 Å². The van der Waals surface area contributed by atoms with E-state index in [0.29, 0.717) is 19.4 Å². The molecule has 0 fully saturated rings. The maximum absolute atomic E-state index is 11.9. The molecule has 3 atom stereocenters. The van der Waals surface area contributed by atoms with E-state index >= 15 is 0 Å². The maximum atomic E-state index is 11.9. The summed E-state index contributed by atoms with van der Waals surface area (Å²) in [5, 5.41) is 30.3. The lowest BCUT2D eigenvalue weighted by molar-refractivity contribution is -0.143. The van der Waals surface area contributed by atoms with Crippen molar-refractivity contribution in [3.05, 3.63) is 0 Å². The van der Waals surface area contributed by atoms with Gasteiger partial charge in [0.2, 0.25) is 0 Å². The summed E-state index contributed by atoms with van der Waals surface area (Å²) in [6.07, 6.45) is 30.6. The average Bonchev–Trinajstić information content (AvgIpc) is 2.96. The molecule has 3 N–H and O–H groups in total. The quantitative estimate of drug-likeness (QED) is 0.0528. The zero-order valence-corrected chi connectivity index (χ0v) is 27.6. The molecule has 0 aromatic carbocycles. The van der Waals surface area contributed by atoms with Crippen molar-refractivity contribution in [1.82, 2.24) is 0 Å². The molecule has 0 radical (unpaired) electrons. The van der Waals surface area contributed by atoms with Crippen LogP contribution in [0.4, 0.5) is 0 Å². The number of ether oxygens (including phenoxy) is 1. The zero-order chi connectivity index (χ0) is 30.2. The van der Waals surface area contributed by atoms with Gasteiger partial charge in [-0.1, -0.05) is 155 Å². The van der Waals surface area contributed by atoms with Gasteiger partial charge < -0.3 is 20.1 Å². The lowest BCUT2D eigenvalue weighted by Gasteiger charge is -2.17. The van der Waals surface area contributed by atoms with Crippen LogP contribution in [0, 0.1) is 0 Å². The first-order valence-corrected chi connectivity index (χ1v) is 18.2. The lowest BCUT2D eigenvalue weighted by Crippen LogP contribution is -2.25. The van der Waals surface area contributed by atoms with Gasteiger partial charge in [-0.05, 0) is 38.5 Å².